The van der Waals surface area contributed by atoms with E-state index in [1.807, 2.05) is 18.2 Å². The Morgan fingerprint density at radius 2 is 1.93 bits per heavy atom. The zero-order chi connectivity index (χ0) is 18.6. The van der Waals surface area contributed by atoms with Crippen molar-refractivity contribution in [3.63, 3.8) is 0 Å². The van der Waals surface area contributed by atoms with Crippen LogP contribution in [0.3, 0.4) is 0 Å². The topological polar surface area (TPSA) is 45.6 Å². The molecule has 1 atom stereocenters. The first-order chi connectivity index (χ1) is 13.2. The van der Waals surface area contributed by atoms with Crippen LogP contribution in [-0.4, -0.2) is 29.3 Å². The van der Waals surface area contributed by atoms with Crippen molar-refractivity contribution < 1.29 is 9.84 Å². The van der Waals surface area contributed by atoms with Crippen LogP contribution in [0, 0.1) is 0 Å². The van der Waals surface area contributed by atoms with Gasteiger partial charge in [-0.25, -0.2) is 4.98 Å². The van der Waals surface area contributed by atoms with E-state index in [0.29, 0.717) is 10.9 Å². The van der Waals surface area contributed by atoms with Crippen LogP contribution in [0.4, 0.5) is 5.69 Å². The molecule has 0 aliphatic carbocycles. The Morgan fingerprint density at radius 3 is 2.67 bits per heavy atom. The maximum atomic E-state index is 9.90. The van der Waals surface area contributed by atoms with Gasteiger partial charge in [0.15, 0.2) is 0 Å². The van der Waals surface area contributed by atoms with E-state index in [-0.39, 0.29) is 12.7 Å². The first kappa shape index (κ1) is 17.8. The van der Waals surface area contributed by atoms with E-state index in [2.05, 4.69) is 40.2 Å². The zero-order valence-electron chi connectivity index (χ0n) is 14.9. The van der Waals surface area contributed by atoms with E-state index in [0.717, 1.165) is 41.9 Å². The quantitative estimate of drug-likeness (QED) is 0.705. The van der Waals surface area contributed by atoms with E-state index in [9.17, 15) is 5.11 Å². The maximum Gasteiger partial charge on any atom is 0.213 e. The number of aliphatic hydroxyl groups is 1. The summed E-state index contributed by atoms with van der Waals surface area (Å²) in [5.41, 5.74) is 4.25. The number of ether oxygens (including phenoxy) is 1. The highest BCUT2D eigenvalue weighted by Gasteiger charge is 2.26. The van der Waals surface area contributed by atoms with Gasteiger partial charge in [0.05, 0.1) is 18.2 Å². The third-order valence-corrected chi connectivity index (χ3v) is 5.05. The number of aromatic nitrogens is 1. The number of pyridine rings is 1. The lowest BCUT2D eigenvalue weighted by molar-refractivity contribution is 0.216. The van der Waals surface area contributed by atoms with Crippen LogP contribution in [0.15, 0.2) is 66.9 Å². The van der Waals surface area contributed by atoms with E-state index < -0.39 is 0 Å². The number of benzene rings is 2. The molecular weight excluding hydrogens is 360 g/mol. The summed E-state index contributed by atoms with van der Waals surface area (Å²) in [7, 11) is 0. The second-order valence-electron chi connectivity index (χ2n) is 6.66. The molecule has 2 aromatic carbocycles. The van der Waals surface area contributed by atoms with Crippen molar-refractivity contribution in [1.29, 1.82) is 0 Å². The van der Waals surface area contributed by atoms with Crippen molar-refractivity contribution in [3.8, 4) is 17.0 Å². The van der Waals surface area contributed by atoms with Crippen molar-refractivity contribution in [2.45, 2.75) is 19.1 Å². The van der Waals surface area contributed by atoms with Crippen molar-refractivity contribution >= 4 is 17.3 Å². The smallest absolute Gasteiger partial charge is 0.213 e. The lowest BCUT2D eigenvalue weighted by atomic mass is 10.0. The van der Waals surface area contributed by atoms with Gasteiger partial charge in [-0.15, -0.1) is 0 Å². The average Bonchev–Trinajstić information content (AvgIpc) is 3.18. The average molecular weight is 381 g/mol. The Morgan fingerprint density at radius 1 is 1.07 bits per heavy atom. The first-order valence-corrected chi connectivity index (χ1v) is 9.43. The molecule has 0 spiro atoms. The number of hydrogen-bond acceptors (Lipinski definition) is 4. The van der Waals surface area contributed by atoms with E-state index in [4.69, 9.17) is 16.3 Å². The SMILES string of the molecule is OCc1cc(-c2ccccc2)ccc1N1CC[C@H](Oc2ccc(Cl)cn2)C1. The van der Waals surface area contributed by atoms with Gasteiger partial charge in [0.2, 0.25) is 5.88 Å². The highest BCUT2D eigenvalue weighted by atomic mass is 35.5. The largest absolute Gasteiger partial charge is 0.472 e. The lowest BCUT2D eigenvalue weighted by Crippen LogP contribution is -2.25. The van der Waals surface area contributed by atoms with Crippen LogP contribution in [-0.2, 0) is 6.61 Å². The monoisotopic (exact) mass is 380 g/mol. The molecule has 3 aromatic rings. The fraction of sp³-hybridized carbons (Fsp3) is 0.227. The van der Waals surface area contributed by atoms with Gasteiger partial charge in [0.1, 0.15) is 6.10 Å². The minimum atomic E-state index is 0.0107. The molecular formula is C22H21ClN2O2. The van der Waals surface area contributed by atoms with Gasteiger partial charge in [-0.3, -0.25) is 0 Å². The Balaban J connectivity index is 1.49. The molecule has 1 aromatic heterocycles. The van der Waals surface area contributed by atoms with Gasteiger partial charge in [-0.2, -0.15) is 0 Å². The Bertz CT molecular complexity index is 900. The highest BCUT2D eigenvalue weighted by molar-refractivity contribution is 6.30. The van der Waals surface area contributed by atoms with Crippen LogP contribution >= 0.6 is 11.6 Å². The third kappa shape index (κ3) is 4.07. The summed E-state index contributed by atoms with van der Waals surface area (Å²) < 4.78 is 5.97. The molecule has 0 saturated carbocycles. The van der Waals surface area contributed by atoms with Gasteiger partial charge in [-0.05, 0) is 29.3 Å². The summed E-state index contributed by atoms with van der Waals surface area (Å²) in [5, 5.41) is 10.5. The van der Waals surface area contributed by atoms with E-state index >= 15 is 0 Å². The molecule has 2 heterocycles. The standard InChI is InChI=1S/C22H21ClN2O2/c23-19-7-9-22(24-13-19)27-20-10-11-25(14-20)21-8-6-17(12-18(21)15-26)16-4-2-1-3-5-16/h1-9,12-13,20,26H,10-11,14-15H2/t20-/m0/s1. The van der Waals surface area contributed by atoms with Crippen LogP contribution in [0.2, 0.25) is 5.02 Å². The minimum absolute atomic E-state index is 0.0107. The molecule has 27 heavy (non-hydrogen) atoms. The van der Waals surface area contributed by atoms with E-state index in [1.165, 1.54) is 0 Å². The van der Waals surface area contributed by atoms with Crippen molar-refractivity contribution in [2.24, 2.45) is 0 Å². The number of rotatable bonds is 5. The second kappa shape index (κ2) is 7.99. The van der Waals surface area contributed by atoms with Gasteiger partial charge in [0.25, 0.3) is 0 Å². The van der Waals surface area contributed by atoms with Gasteiger partial charge < -0.3 is 14.7 Å². The first-order valence-electron chi connectivity index (χ1n) is 9.05. The Hall–Kier alpha value is -2.56. The zero-order valence-corrected chi connectivity index (χ0v) is 15.6. The summed E-state index contributed by atoms with van der Waals surface area (Å²) in [5.74, 6) is 0.591. The fourth-order valence-corrected chi connectivity index (χ4v) is 3.59. The Kier molecular flexibility index (Phi) is 5.28. The molecule has 0 bridgehead atoms. The summed E-state index contributed by atoms with van der Waals surface area (Å²) in [4.78, 5) is 6.47. The van der Waals surface area contributed by atoms with Gasteiger partial charge in [0, 0.05) is 36.5 Å². The second-order valence-corrected chi connectivity index (χ2v) is 7.09. The fourth-order valence-electron chi connectivity index (χ4n) is 3.48. The molecule has 1 aliphatic rings. The molecule has 4 rings (SSSR count). The van der Waals surface area contributed by atoms with Crippen molar-refractivity contribution in [1.82, 2.24) is 4.98 Å². The molecule has 1 saturated heterocycles. The van der Waals surface area contributed by atoms with Gasteiger partial charge in [-0.1, -0.05) is 48.0 Å². The van der Waals surface area contributed by atoms with E-state index in [1.54, 1.807) is 18.3 Å². The number of aliphatic hydroxyl groups excluding tert-OH is 1. The van der Waals surface area contributed by atoms with Gasteiger partial charge >= 0.3 is 0 Å². The van der Waals surface area contributed by atoms with Crippen LogP contribution in [0.1, 0.15) is 12.0 Å². The molecule has 1 fully saturated rings. The summed E-state index contributed by atoms with van der Waals surface area (Å²) in [6, 6.07) is 20.1. The lowest BCUT2D eigenvalue weighted by Gasteiger charge is -2.22. The summed E-state index contributed by atoms with van der Waals surface area (Å²) >= 11 is 5.87. The van der Waals surface area contributed by atoms with Crippen LogP contribution < -0.4 is 9.64 Å². The number of halogens is 1. The summed E-state index contributed by atoms with van der Waals surface area (Å²) in [6.07, 6.45) is 2.57. The van der Waals surface area contributed by atoms with Crippen molar-refractivity contribution in [3.05, 3.63) is 77.4 Å². The molecule has 1 N–H and O–H groups in total. The Labute approximate surface area is 164 Å². The molecule has 138 valence electrons. The number of hydrogen-bond donors (Lipinski definition) is 1. The highest BCUT2D eigenvalue weighted by Crippen LogP contribution is 2.30. The third-order valence-electron chi connectivity index (χ3n) is 4.83. The molecule has 0 amide bonds. The molecule has 0 radical (unpaired) electrons. The molecule has 4 nitrogen and oxygen atoms in total. The van der Waals surface area contributed by atoms with Crippen molar-refractivity contribution in [2.75, 3.05) is 18.0 Å². The number of nitrogens with zero attached hydrogens (tertiary/aromatic N) is 2. The van der Waals surface area contributed by atoms with Crippen LogP contribution in [0.25, 0.3) is 11.1 Å². The molecule has 5 heteroatoms. The maximum absolute atomic E-state index is 9.90. The minimum Gasteiger partial charge on any atom is -0.472 e. The molecule has 0 unspecified atom stereocenters. The number of anilines is 1. The molecule has 1 aliphatic heterocycles. The predicted molar refractivity (Wildman–Crippen MR) is 108 cm³/mol. The summed E-state index contributed by atoms with van der Waals surface area (Å²) in [6.45, 7) is 1.66. The predicted octanol–water partition coefficient (Wildman–Crippen LogP) is 4.55. The van der Waals surface area contributed by atoms with Crippen LogP contribution in [0.5, 0.6) is 5.88 Å². The normalized spacial score (nSPS) is 16.5.